The molecule has 0 bridgehead atoms. The Morgan fingerprint density at radius 1 is 1.31 bits per heavy atom. The molecule has 0 spiro atoms. The van der Waals surface area contributed by atoms with E-state index in [0.717, 1.165) is 0 Å². The van der Waals surface area contributed by atoms with Crippen molar-refractivity contribution in [2.24, 2.45) is 0 Å². The summed E-state index contributed by atoms with van der Waals surface area (Å²) < 4.78 is 0. The topological polar surface area (TPSA) is 86.5 Å². The smallest absolute Gasteiger partial charge is 0.123 e. The SMILES string of the molecule is OCCC(O)C(O)c1cnccn1. The van der Waals surface area contributed by atoms with E-state index in [-0.39, 0.29) is 13.0 Å². The number of aliphatic hydroxyl groups excluding tert-OH is 3. The summed E-state index contributed by atoms with van der Waals surface area (Å²) in [5.41, 5.74) is 0.309. The largest absolute Gasteiger partial charge is 0.396 e. The molecule has 5 heteroatoms. The third-order valence-electron chi connectivity index (χ3n) is 1.68. The van der Waals surface area contributed by atoms with Gasteiger partial charge in [0.05, 0.1) is 18.0 Å². The summed E-state index contributed by atoms with van der Waals surface area (Å²) in [5, 5.41) is 27.3. The van der Waals surface area contributed by atoms with Gasteiger partial charge in [0, 0.05) is 19.0 Å². The van der Waals surface area contributed by atoms with Crippen LogP contribution in [0.3, 0.4) is 0 Å². The predicted molar refractivity (Wildman–Crippen MR) is 44.7 cm³/mol. The Labute approximate surface area is 75.7 Å². The van der Waals surface area contributed by atoms with Crippen LogP contribution >= 0.6 is 0 Å². The summed E-state index contributed by atoms with van der Waals surface area (Å²) in [7, 11) is 0. The molecule has 72 valence electrons. The van der Waals surface area contributed by atoms with Crippen molar-refractivity contribution in [3.05, 3.63) is 24.3 Å². The molecule has 0 amide bonds. The first-order valence-electron chi connectivity index (χ1n) is 3.98. The number of hydrogen-bond acceptors (Lipinski definition) is 5. The van der Waals surface area contributed by atoms with Crippen molar-refractivity contribution in [3.8, 4) is 0 Å². The Morgan fingerprint density at radius 3 is 2.62 bits per heavy atom. The molecule has 1 heterocycles. The monoisotopic (exact) mass is 184 g/mol. The summed E-state index contributed by atoms with van der Waals surface area (Å²) in [6, 6.07) is 0. The second-order valence-corrected chi connectivity index (χ2v) is 2.65. The first kappa shape index (κ1) is 10.0. The Morgan fingerprint density at radius 2 is 2.08 bits per heavy atom. The van der Waals surface area contributed by atoms with Crippen LogP contribution in [0.5, 0.6) is 0 Å². The highest BCUT2D eigenvalue weighted by atomic mass is 16.3. The Kier molecular flexibility index (Phi) is 3.75. The van der Waals surface area contributed by atoms with Gasteiger partial charge in [0.25, 0.3) is 0 Å². The molecule has 0 aliphatic carbocycles. The third-order valence-corrected chi connectivity index (χ3v) is 1.68. The molecule has 0 aliphatic heterocycles. The van der Waals surface area contributed by atoms with Crippen LogP contribution in [0, 0.1) is 0 Å². The lowest BCUT2D eigenvalue weighted by atomic mass is 10.1. The molecule has 0 saturated heterocycles. The maximum atomic E-state index is 9.46. The number of nitrogens with zero attached hydrogens (tertiary/aromatic N) is 2. The van der Waals surface area contributed by atoms with Crippen molar-refractivity contribution in [1.29, 1.82) is 0 Å². The van der Waals surface area contributed by atoms with E-state index in [4.69, 9.17) is 5.11 Å². The van der Waals surface area contributed by atoms with E-state index in [2.05, 4.69) is 9.97 Å². The molecular formula is C8H12N2O3. The minimum absolute atomic E-state index is 0.123. The fourth-order valence-corrected chi connectivity index (χ4v) is 0.951. The van der Waals surface area contributed by atoms with Crippen LogP contribution in [-0.4, -0.2) is 38.0 Å². The molecule has 0 fully saturated rings. The van der Waals surface area contributed by atoms with Crippen LogP contribution in [-0.2, 0) is 0 Å². The molecule has 3 N–H and O–H groups in total. The number of hydrogen-bond donors (Lipinski definition) is 3. The molecule has 1 rings (SSSR count). The quantitative estimate of drug-likeness (QED) is 0.573. The van der Waals surface area contributed by atoms with Gasteiger partial charge in [0.1, 0.15) is 6.10 Å². The van der Waals surface area contributed by atoms with Crippen LogP contribution in [0.15, 0.2) is 18.6 Å². The first-order chi connectivity index (χ1) is 6.25. The lowest BCUT2D eigenvalue weighted by Gasteiger charge is -2.15. The fraction of sp³-hybridized carbons (Fsp3) is 0.500. The van der Waals surface area contributed by atoms with Gasteiger partial charge < -0.3 is 15.3 Å². The van der Waals surface area contributed by atoms with Crippen LogP contribution in [0.25, 0.3) is 0 Å². The zero-order chi connectivity index (χ0) is 9.68. The van der Waals surface area contributed by atoms with E-state index in [1.807, 2.05) is 0 Å². The highest BCUT2D eigenvalue weighted by Crippen LogP contribution is 2.14. The zero-order valence-corrected chi connectivity index (χ0v) is 7.04. The van der Waals surface area contributed by atoms with Crippen molar-refractivity contribution >= 4 is 0 Å². The van der Waals surface area contributed by atoms with Crippen molar-refractivity contribution in [2.45, 2.75) is 18.6 Å². The maximum Gasteiger partial charge on any atom is 0.123 e. The summed E-state index contributed by atoms with van der Waals surface area (Å²) >= 11 is 0. The van der Waals surface area contributed by atoms with Crippen LogP contribution in [0.4, 0.5) is 0 Å². The molecule has 2 unspecified atom stereocenters. The highest BCUT2D eigenvalue weighted by Gasteiger charge is 2.18. The minimum Gasteiger partial charge on any atom is -0.396 e. The average Bonchev–Trinajstić information content (AvgIpc) is 2.18. The first-order valence-corrected chi connectivity index (χ1v) is 3.98. The van der Waals surface area contributed by atoms with Crippen molar-refractivity contribution in [1.82, 2.24) is 9.97 Å². The molecule has 0 saturated carbocycles. The molecule has 0 radical (unpaired) electrons. The van der Waals surface area contributed by atoms with Crippen molar-refractivity contribution < 1.29 is 15.3 Å². The number of aliphatic hydroxyl groups is 3. The molecule has 13 heavy (non-hydrogen) atoms. The van der Waals surface area contributed by atoms with Gasteiger partial charge in [-0.1, -0.05) is 0 Å². The minimum atomic E-state index is -1.08. The predicted octanol–water partition coefficient (Wildman–Crippen LogP) is -0.747. The van der Waals surface area contributed by atoms with Gasteiger partial charge in [0.2, 0.25) is 0 Å². The Hall–Kier alpha value is -1.04. The molecule has 5 nitrogen and oxygen atoms in total. The van der Waals surface area contributed by atoms with Gasteiger partial charge in [-0.3, -0.25) is 9.97 Å². The van der Waals surface area contributed by atoms with Crippen molar-refractivity contribution in [2.75, 3.05) is 6.61 Å². The van der Waals surface area contributed by atoms with Gasteiger partial charge in [-0.05, 0) is 6.42 Å². The van der Waals surface area contributed by atoms with Gasteiger partial charge in [-0.2, -0.15) is 0 Å². The summed E-state index contributed by atoms with van der Waals surface area (Å²) in [4.78, 5) is 7.58. The Balaban J connectivity index is 2.62. The van der Waals surface area contributed by atoms with Crippen LogP contribution in [0.1, 0.15) is 18.2 Å². The molecular weight excluding hydrogens is 172 g/mol. The lowest BCUT2D eigenvalue weighted by Crippen LogP contribution is -2.20. The zero-order valence-electron chi connectivity index (χ0n) is 7.04. The average molecular weight is 184 g/mol. The van der Waals surface area contributed by atoms with Gasteiger partial charge in [-0.15, -0.1) is 0 Å². The molecule has 0 aliphatic rings. The maximum absolute atomic E-state index is 9.46. The van der Waals surface area contributed by atoms with Crippen molar-refractivity contribution in [3.63, 3.8) is 0 Å². The standard InChI is InChI=1S/C8H12N2O3/c11-4-1-7(12)8(13)6-5-9-2-3-10-6/h2-3,5,7-8,11-13H,1,4H2. The van der Waals surface area contributed by atoms with Gasteiger partial charge in [0.15, 0.2) is 0 Å². The van der Waals surface area contributed by atoms with E-state index < -0.39 is 12.2 Å². The van der Waals surface area contributed by atoms with E-state index in [9.17, 15) is 10.2 Å². The second kappa shape index (κ2) is 4.86. The van der Waals surface area contributed by atoms with Gasteiger partial charge in [-0.25, -0.2) is 0 Å². The molecule has 1 aromatic rings. The summed E-state index contributed by atoms with van der Waals surface area (Å²) in [6.45, 7) is -0.168. The van der Waals surface area contributed by atoms with E-state index in [0.29, 0.717) is 5.69 Å². The third kappa shape index (κ3) is 2.73. The number of rotatable bonds is 4. The van der Waals surface area contributed by atoms with Crippen LogP contribution in [0.2, 0.25) is 0 Å². The second-order valence-electron chi connectivity index (χ2n) is 2.65. The summed E-state index contributed by atoms with van der Waals surface area (Å²) in [5.74, 6) is 0. The fourth-order valence-electron chi connectivity index (χ4n) is 0.951. The van der Waals surface area contributed by atoms with Crippen LogP contribution < -0.4 is 0 Å². The summed E-state index contributed by atoms with van der Waals surface area (Å²) in [6.07, 6.45) is 2.34. The normalized spacial score (nSPS) is 15.3. The molecule has 2 atom stereocenters. The lowest BCUT2D eigenvalue weighted by molar-refractivity contribution is 0.00171. The highest BCUT2D eigenvalue weighted by molar-refractivity contribution is 5.01. The molecule has 1 aromatic heterocycles. The Bertz CT molecular complexity index is 242. The number of aromatic nitrogens is 2. The van der Waals surface area contributed by atoms with E-state index >= 15 is 0 Å². The van der Waals surface area contributed by atoms with E-state index in [1.54, 1.807) is 0 Å². The molecule has 0 aromatic carbocycles. The van der Waals surface area contributed by atoms with E-state index in [1.165, 1.54) is 18.6 Å². The van der Waals surface area contributed by atoms with Gasteiger partial charge >= 0.3 is 0 Å².